The lowest BCUT2D eigenvalue weighted by Gasteiger charge is -2.28. The molecule has 1 atom stereocenters. The van der Waals surface area contributed by atoms with E-state index in [0.717, 1.165) is 11.4 Å². The van der Waals surface area contributed by atoms with Crippen molar-refractivity contribution in [3.05, 3.63) is 22.4 Å². The van der Waals surface area contributed by atoms with E-state index in [4.69, 9.17) is 0 Å². The average Bonchev–Trinajstić information content (AvgIpc) is 2.71. The molecule has 1 unspecified atom stereocenters. The fraction of sp³-hybridized carbons (Fsp3) is 0.692. The Morgan fingerprint density at radius 1 is 1.38 bits per heavy atom. The van der Waals surface area contributed by atoms with Gasteiger partial charge in [0.05, 0.1) is 0 Å². The molecule has 1 aromatic rings. The van der Waals surface area contributed by atoms with Gasteiger partial charge in [-0.15, -0.1) is 0 Å². The molecule has 3 heteroatoms. The highest BCUT2D eigenvalue weighted by molar-refractivity contribution is 9.09. The molecule has 2 heterocycles. The van der Waals surface area contributed by atoms with Crippen LogP contribution < -0.4 is 0 Å². The first-order chi connectivity index (χ1) is 7.90. The lowest BCUT2D eigenvalue weighted by atomic mass is 10.1. The molecule has 16 heavy (non-hydrogen) atoms. The van der Waals surface area contributed by atoms with Crippen molar-refractivity contribution in [2.75, 3.05) is 18.4 Å². The Balaban J connectivity index is 1.85. The summed E-state index contributed by atoms with van der Waals surface area (Å²) in [6.07, 6.45) is 6.79. The van der Waals surface area contributed by atoms with Crippen LogP contribution in [0.3, 0.4) is 0 Å². The van der Waals surface area contributed by atoms with E-state index in [9.17, 15) is 0 Å². The maximum atomic E-state index is 3.67. The van der Waals surface area contributed by atoms with E-state index in [0.29, 0.717) is 0 Å². The SMILES string of the molecule is BrCC1CCCCCN1CCc1ccsc1. The molecular formula is C13H20BrNS. The first-order valence-electron chi connectivity index (χ1n) is 6.21. The number of rotatable bonds is 4. The number of nitrogens with zero attached hydrogens (tertiary/aromatic N) is 1. The molecule has 1 saturated heterocycles. The Morgan fingerprint density at radius 3 is 3.06 bits per heavy atom. The summed E-state index contributed by atoms with van der Waals surface area (Å²) < 4.78 is 0. The van der Waals surface area contributed by atoms with Crippen LogP contribution >= 0.6 is 27.3 Å². The smallest absolute Gasteiger partial charge is 0.0192 e. The van der Waals surface area contributed by atoms with Crippen LogP contribution in [0.25, 0.3) is 0 Å². The lowest BCUT2D eigenvalue weighted by molar-refractivity contribution is 0.221. The molecule has 0 radical (unpaired) electrons. The Hall–Kier alpha value is 0.140. The van der Waals surface area contributed by atoms with Gasteiger partial charge in [-0.1, -0.05) is 28.8 Å². The van der Waals surface area contributed by atoms with E-state index in [1.54, 1.807) is 0 Å². The molecule has 0 amide bonds. The number of likely N-dealkylation sites (tertiary alicyclic amines) is 1. The van der Waals surface area contributed by atoms with Crippen LogP contribution in [0.2, 0.25) is 0 Å². The van der Waals surface area contributed by atoms with Crippen LogP contribution in [-0.2, 0) is 6.42 Å². The van der Waals surface area contributed by atoms with Crippen molar-refractivity contribution in [1.29, 1.82) is 0 Å². The van der Waals surface area contributed by atoms with Crippen molar-refractivity contribution in [1.82, 2.24) is 4.90 Å². The van der Waals surface area contributed by atoms with Gasteiger partial charge in [0.25, 0.3) is 0 Å². The molecule has 0 N–H and O–H groups in total. The minimum Gasteiger partial charge on any atom is -0.299 e. The van der Waals surface area contributed by atoms with Gasteiger partial charge < -0.3 is 0 Å². The molecule has 1 aliphatic heterocycles. The van der Waals surface area contributed by atoms with Gasteiger partial charge in [0.2, 0.25) is 0 Å². The van der Waals surface area contributed by atoms with Crippen LogP contribution in [0.15, 0.2) is 16.8 Å². The normalized spacial score (nSPS) is 23.2. The van der Waals surface area contributed by atoms with Gasteiger partial charge >= 0.3 is 0 Å². The first kappa shape index (κ1) is 12.6. The predicted molar refractivity (Wildman–Crippen MR) is 75.6 cm³/mol. The molecule has 1 aliphatic rings. The number of alkyl halides is 1. The highest BCUT2D eigenvalue weighted by Crippen LogP contribution is 2.19. The molecule has 0 aliphatic carbocycles. The predicted octanol–water partition coefficient (Wildman–Crippen LogP) is 3.93. The summed E-state index contributed by atoms with van der Waals surface area (Å²) in [7, 11) is 0. The third kappa shape index (κ3) is 3.57. The zero-order valence-corrected chi connectivity index (χ0v) is 12.1. The number of hydrogen-bond donors (Lipinski definition) is 0. The van der Waals surface area contributed by atoms with Crippen LogP contribution in [0.4, 0.5) is 0 Å². The fourth-order valence-corrected chi connectivity index (χ4v) is 3.85. The van der Waals surface area contributed by atoms with Crippen molar-refractivity contribution in [3.8, 4) is 0 Å². The van der Waals surface area contributed by atoms with Gasteiger partial charge in [-0.2, -0.15) is 11.3 Å². The summed E-state index contributed by atoms with van der Waals surface area (Å²) in [4.78, 5) is 2.68. The van der Waals surface area contributed by atoms with E-state index in [-0.39, 0.29) is 0 Å². The molecule has 0 bridgehead atoms. The third-order valence-electron chi connectivity index (χ3n) is 3.44. The Bertz CT molecular complexity index is 286. The lowest BCUT2D eigenvalue weighted by Crippen LogP contribution is -2.37. The van der Waals surface area contributed by atoms with Crippen molar-refractivity contribution >= 4 is 27.3 Å². The average molecular weight is 302 g/mol. The molecule has 1 aromatic heterocycles. The van der Waals surface area contributed by atoms with Crippen LogP contribution in [-0.4, -0.2) is 29.4 Å². The van der Waals surface area contributed by atoms with Crippen molar-refractivity contribution in [3.63, 3.8) is 0 Å². The zero-order chi connectivity index (χ0) is 11.2. The molecule has 0 spiro atoms. The molecule has 0 aromatic carbocycles. The van der Waals surface area contributed by atoms with Crippen molar-refractivity contribution in [2.45, 2.75) is 38.1 Å². The topological polar surface area (TPSA) is 3.24 Å². The van der Waals surface area contributed by atoms with Crippen LogP contribution in [0.1, 0.15) is 31.2 Å². The second kappa shape index (κ2) is 6.77. The molecule has 90 valence electrons. The Kier molecular flexibility index (Phi) is 5.33. The van der Waals surface area contributed by atoms with Crippen LogP contribution in [0.5, 0.6) is 0 Å². The van der Waals surface area contributed by atoms with Crippen LogP contribution in [0, 0.1) is 0 Å². The third-order valence-corrected chi connectivity index (χ3v) is 4.92. The quantitative estimate of drug-likeness (QED) is 0.762. The van der Waals surface area contributed by atoms with Gasteiger partial charge in [-0.3, -0.25) is 4.90 Å². The minimum atomic E-state index is 0.765. The van der Waals surface area contributed by atoms with E-state index >= 15 is 0 Å². The van der Waals surface area contributed by atoms with E-state index in [1.807, 2.05) is 11.3 Å². The highest BCUT2D eigenvalue weighted by Gasteiger charge is 2.19. The Morgan fingerprint density at radius 2 is 2.31 bits per heavy atom. The highest BCUT2D eigenvalue weighted by atomic mass is 79.9. The van der Waals surface area contributed by atoms with Crippen molar-refractivity contribution in [2.24, 2.45) is 0 Å². The number of hydrogen-bond acceptors (Lipinski definition) is 2. The minimum absolute atomic E-state index is 0.765. The second-order valence-corrected chi connectivity index (χ2v) is 6.00. The van der Waals surface area contributed by atoms with Gasteiger partial charge in [-0.25, -0.2) is 0 Å². The van der Waals surface area contributed by atoms with Crippen molar-refractivity contribution < 1.29 is 0 Å². The summed E-state index contributed by atoms with van der Waals surface area (Å²) in [6, 6.07) is 3.02. The van der Waals surface area contributed by atoms with Gasteiger partial charge in [0, 0.05) is 17.9 Å². The summed E-state index contributed by atoms with van der Waals surface area (Å²) in [5, 5.41) is 5.59. The summed E-state index contributed by atoms with van der Waals surface area (Å²) in [5.74, 6) is 0. The van der Waals surface area contributed by atoms with E-state index in [2.05, 4.69) is 37.7 Å². The number of halogens is 1. The zero-order valence-electron chi connectivity index (χ0n) is 9.70. The largest absolute Gasteiger partial charge is 0.299 e. The van der Waals surface area contributed by atoms with Gasteiger partial charge in [0.1, 0.15) is 0 Å². The summed E-state index contributed by atoms with van der Waals surface area (Å²) in [6.45, 7) is 2.52. The van der Waals surface area contributed by atoms with Gasteiger partial charge in [0.15, 0.2) is 0 Å². The maximum Gasteiger partial charge on any atom is 0.0192 e. The molecular weight excluding hydrogens is 282 g/mol. The molecule has 0 saturated carbocycles. The maximum absolute atomic E-state index is 3.67. The molecule has 2 rings (SSSR count). The molecule has 1 nitrogen and oxygen atoms in total. The number of thiophene rings is 1. The fourth-order valence-electron chi connectivity index (χ4n) is 2.41. The summed E-state index contributed by atoms with van der Waals surface area (Å²) in [5.41, 5.74) is 1.50. The summed E-state index contributed by atoms with van der Waals surface area (Å²) >= 11 is 5.47. The van der Waals surface area contributed by atoms with Gasteiger partial charge in [-0.05, 0) is 48.2 Å². The second-order valence-electron chi connectivity index (χ2n) is 4.58. The van der Waals surface area contributed by atoms with E-state index < -0.39 is 0 Å². The molecule has 1 fully saturated rings. The monoisotopic (exact) mass is 301 g/mol. The standard InChI is InChI=1S/C13H20BrNS/c14-10-13-4-2-1-3-7-15(13)8-5-12-6-9-16-11-12/h6,9,11,13H,1-5,7-8,10H2. The first-order valence-corrected chi connectivity index (χ1v) is 8.27. The van der Waals surface area contributed by atoms with E-state index in [1.165, 1.54) is 50.8 Å². The Labute approximate surface area is 111 Å².